The number of nitrogens with two attached hydrogens (primary N) is 1. The van der Waals surface area contributed by atoms with Gasteiger partial charge in [-0.1, -0.05) is 0 Å². The van der Waals surface area contributed by atoms with Gasteiger partial charge in [0, 0.05) is 5.56 Å². The molecule has 1 heterocycles. The first-order chi connectivity index (χ1) is 8.60. The fourth-order valence-electron chi connectivity index (χ4n) is 1.61. The van der Waals surface area contributed by atoms with Crippen LogP contribution >= 0.6 is 0 Å². The van der Waals surface area contributed by atoms with Gasteiger partial charge < -0.3 is 14.9 Å². The highest BCUT2D eigenvalue weighted by molar-refractivity contribution is 5.76. The molecule has 18 heavy (non-hydrogen) atoms. The number of ether oxygens (including phenoxy) is 1. The van der Waals surface area contributed by atoms with E-state index in [2.05, 4.69) is 4.98 Å². The van der Waals surface area contributed by atoms with Crippen LogP contribution in [0.4, 0.5) is 0 Å². The number of hydrogen-bond acceptors (Lipinski definition) is 4. The molecule has 0 saturated heterocycles. The van der Waals surface area contributed by atoms with Crippen molar-refractivity contribution in [2.45, 2.75) is 13.3 Å². The monoisotopic (exact) mass is 246 g/mol. The zero-order chi connectivity index (χ0) is 13.1. The number of amides is 1. The Bertz CT molecular complexity index is 558. The van der Waals surface area contributed by atoms with E-state index in [-0.39, 0.29) is 6.42 Å². The Morgan fingerprint density at radius 3 is 2.61 bits per heavy atom. The van der Waals surface area contributed by atoms with E-state index in [1.165, 1.54) is 0 Å². The minimum Gasteiger partial charge on any atom is -0.497 e. The Morgan fingerprint density at radius 2 is 2.06 bits per heavy atom. The summed E-state index contributed by atoms with van der Waals surface area (Å²) in [6.07, 6.45) is 0.0888. The predicted molar refractivity (Wildman–Crippen MR) is 66.1 cm³/mol. The van der Waals surface area contributed by atoms with Gasteiger partial charge in [0.15, 0.2) is 0 Å². The van der Waals surface area contributed by atoms with Gasteiger partial charge in [0.05, 0.1) is 19.2 Å². The molecule has 0 spiro atoms. The van der Waals surface area contributed by atoms with Crippen LogP contribution in [0.5, 0.6) is 5.75 Å². The van der Waals surface area contributed by atoms with Crippen molar-refractivity contribution >= 4 is 5.91 Å². The third-order valence-corrected chi connectivity index (χ3v) is 2.57. The SMILES string of the molecule is COc1ccc(-c2nc(CC(N)=O)c(C)o2)cc1. The molecule has 0 bridgehead atoms. The van der Waals surface area contributed by atoms with Crippen molar-refractivity contribution < 1.29 is 13.9 Å². The summed E-state index contributed by atoms with van der Waals surface area (Å²) in [5.74, 6) is 1.43. The maximum atomic E-state index is 10.9. The summed E-state index contributed by atoms with van der Waals surface area (Å²) in [6.45, 7) is 1.76. The van der Waals surface area contributed by atoms with Crippen LogP contribution in [0.1, 0.15) is 11.5 Å². The van der Waals surface area contributed by atoms with Crippen molar-refractivity contribution in [2.75, 3.05) is 7.11 Å². The third kappa shape index (κ3) is 2.51. The largest absolute Gasteiger partial charge is 0.497 e. The number of nitrogens with zero attached hydrogens (tertiary/aromatic N) is 1. The molecule has 0 aliphatic carbocycles. The van der Waals surface area contributed by atoms with Crippen molar-refractivity contribution in [1.82, 2.24) is 4.98 Å². The molecule has 0 unspecified atom stereocenters. The summed E-state index contributed by atoms with van der Waals surface area (Å²) in [4.78, 5) is 15.1. The summed E-state index contributed by atoms with van der Waals surface area (Å²) < 4.78 is 10.6. The molecular weight excluding hydrogens is 232 g/mol. The van der Waals surface area contributed by atoms with Gasteiger partial charge in [0.25, 0.3) is 0 Å². The molecule has 0 fully saturated rings. The average molecular weight is 246 g/mol. The first-order valence-corrected chi connectivity index (χ1v) is 5.49. The second-order valence-corrected chi connectivity index (χ2v) is 3.89. The highest BCUT2D eigenvalue weighted by atomic mass is 16.5. The number of aryl methyl sites for hydroxylation is 1. The van der Waals surface area contributed by atoms with Gasteiger partial charge in [-0.2, -0.15) is 0 Å². The second-order valence-electron chi connectivity index (χ2n) is 3.89. The number of primary amides is 1. The highest BCUT2D eigenvalue weighted by Gasteiger charge is 2.13. The normalized spacial score (nSPS) is 10.3. The smallest absolute Gasteiger partial charge is 0.226 e. The molecule has 0 saturated carbocycles. The third-order valence-electron chi connectivity index (χ3n) is 2.57. The Hall–Kier alpha value is -2.30. The lowest BCUT2D eigenvalue weighted by Gasteiger charge is -1.99. The quantitative estimate of drug-likeness (QED) is 0.890. The number of benzene rings is 1. The predicted octanol–water partition coefficient (Wildman–Crippen LogP) is 1.69. The van der Waals surface area contributed by atoms with E-state index in [9.17, 15) is 4.79 Å². The van der Waals surface area contributed by atoms with Gasteiger partial charge in [0.2, 0.25) is 11.8 Å². The van der Waals surface area contributed by atoms with Crippen molar-refractivity contribution in [3.8, 4) is 17.2 Å². The Balaban J connectivity index is 2.30. The number of aromatic nitrogens is 1. The summed E-state index contributed by atoms with van der Waals surface area (Å²) in [5.41, 5.74) is 6.55. The van der Waals surface area contributed by atoms with Crippen LogP contribution < -0.4 is 10.5 Å². The van der Waals surface area contributed by atoms with E-state index in [1.54, 1.807) is 14.0 Å². The van der Waals surface area contributed by atoms with E-state index in [4.69, 9.17) is 14.9 Å². The molecule has 5 heteroatoms. The number of oxazole rings is 1. The number of carbonyl (C=O) groups excluding carboxylic acids is 1. The number of carbonyl (C=O) groups is 1. The maximum absolute atomic E-state index is 10.9. The number of rotatable bonds is 4. The molecule has 94 valence electrons. The van der Waals surface area contributed by atoms with Gasteiger partial charge in [-0.05, 0) is 31.2 Å². The Kier molecular flexibility index (Phi) is 3.32. The van der Waals surface area contributed by atoms with E-state index < -0.39 is 5.91 Å². The van der Waals surface area contributed by atoms with E-state index >= 15 is 0 Å². The first-order valence-electron chi connectivity index (χ1n) is 5.49. The molecule has 1 aromatic heterocycles. The number of methoxy groups -OCH3 is 1. The average Bonchev–Trinajstić information content (AvgIpc) is 2.70. The Labute approximate surface area is 105 Å². The van der Waals surface area contributed by atoms with Crippen molar-refractivity contribution in [2.24, 2.45) is 5.73 Å². The highest BCUT2D eigenvalue weighted by Crippen LogP contribution is 2.24. The van der Waals surface area contributed by atoms with Gasteiger partial charge in [-0.25, -0.2) is 4.98 Å². The van der Waals surface area contributed by atoms with Gasteiger partial charge in [-0.3, -0.25) is 4.79 Å². The van der Waals surface area contributed by atoms with E-state index in [1.807, 2.05) is 24.3 Å². The van der Waals surface area contributed by atoms with Crippen LogP contribution in [0, 0.1) is 6.92 Å². The van der Waals surface area contributed by atoms with Crippen LogP contribution in [0.15, 0.2) is 28.7 Å². The standard InChI is InChI=1S/C13H14N2O3/c1-8-11(7-12(14)16)15-13(18-8)9-3-5-10(17-2)6-4-9/h3-6H,7H2,1-2H3,(H2,14,16). The van der Waals surface area contributed by atoms with Crippen LogP contribution in [0.25, 0.3) is 11.5 Å². The molecule has 0 radical (unpaired) electrons. The number of hydrogen-bond donors (Lipinski definition) is 1. The minimum atomic E-state index is -0.423. The molecule has 0 atom stereocenters. The fourth-order valence-corrected chi connectivity index (χ4v) is 1.61. The van der Waals surface area contributed by atoms with E-state index in [0.29, 0.717) is 17.3 Å². The van der Waals surface area contributed by atoms with Crippen molar-refractivity contribution in [3.63, 3.8) is 0 Å². The summed E-state index contributed by atoms with van der Waals surface area (Å²) in [6, 6.07) is 7.33. The lowest BCUT2D eigenvalue weighted by Crippen LogP contribution is -2.14. The first kappa shape index (κ1) is 12.2. The zero-order valence-corrected chi connectivity index (χ0v) is 10.3. The molecule has 1 amide bonds. The van der Waals surface area contributed by atoms with Crippen LogP contribution in [0.3, 0.4) is 0 Å². The zero-order valence-electron chi connectivity index (χ0n) is 10.3. The molecule has 2 aromatic rings. The molecule has 5 nitrogen and oxygen atoms in total. The van der Waals surface area contributed by atoms with Crippen molar-refractivity contribution in [3.05, 3.63) is 35.7 Å². The molecule has 2 rings (SSSR count). The van der Waals surface area contributed by atoms with Crippen molar-refractivity contribution in [1.29, 1.82) is 0 Å². The minimum absolute atomic E-state index is 0.0888. The van der Waals surface area contributed by atoms with Crippen LogP contribution in [-0.2, 0) is 11.2 Å². The molecule has 0 aliphatic heterocycles. The lowest BCUT2D eigenvalue weighted by atomic mass is 10.2. The molecule has 1 aromatic carbocycles. The molecule has 0 aliphatic rings. The second kappa shape index (κ2) is 4.91. The lowest BCUT2D eigenvalue weighted by molar-refractivity contribution is -0.117. The fraction of sp³-hybridized carbons (Fsp3) is 0.231. The molecule has 2 N–H and O–H groups in total. The van der Waals surface area contributed by atoms with Crippen LogP contribution in [-0.4, -0.2) is 18.0 Å². The van der Waals surface area contributed by atoms with Gasteiger partial charge in [-0.15, -0.1) is 0 Å². The summed E-state index contributed by atoms with van der Waals surface area (Å²) in [7, 11) is 1.61. The molecular formula is C13H14N2O3. The van der Waals surface area contributed by atoms with Gasteiger partial charge >= 0.3 is 0 Å². The Morgan fingerprint density at radius 1 is 1.39 bits per heavy atom. The van der Waals surface area contributed by atoms with Gasteiger partial charge in [0.1, 0.15) is 11.5 Å². The maximum Gasteiger partial charge on any atom is 0.226 e. The van der Waals surface area contributed by atoms with Crippen LogP contribution in [0.2, 0.25) is 0 Å². The summed E-state index contributed by atoms with van der Waals surface area (Å²) in [5, 5.41) is 0. The summed E-state index contributed by atoms with van der Waals surface area (Å²) >= 11 is 0. The van der Waals surface area contributed by atoms with E-state index in [0.717, 1.165) is 11.3 Å². The topological polar surface area (TPSA) is 78.4 Å².